The van der Waals surface area contributed by atoms with Crippen LogP contribution in [-0.2, 0) is 11.3 Å². The van der Waals surface area contributed by atoms with Crippen LogP contribution in [0.15, 0.2) is 41.6 Å². The lowest BCUT2D eigenvalue weighted by atomic mass is 10.2. The number of benzene rings is 1. The van der Waals surface area contributed by atoms with Gasteiger partial charge in [0.15, 0.2) is 0 Å². The number of rotatable bonds is 6. The van der Waals surface area contributed by atoms with E-state index in [4.69, 9.17) is 9.72 Å². The summed E-state index contributed by atoms with van der Waals surface area (Å²) in [4.78, 5) is 31.0. The van der Waals surface area contributed by atoms with Crippen LogP contribution in [-0.4, -0.2) is 59.4 Å². The third-order valence-corrected chi connectivity index (χ3v) is 5.92. The van der Waals surface area contributed by atoms with Crippen LogP contribution in [0.2, 0.25) is 0 Å². The van der Waals surface area contributed by atoms with Crippen molar-refractivity contribution in [3.63, 3.8) is 0 Å². The maximum absolute atomic E-state index is 12.6. The van der Waals surface area contributed by atoms with Crippen molar-refractivity contribution >= 4 is 22.4 Å². The van der Waals surface area contributed by atoms with Crippen molar-refractivity contribution < 1.29 is 4.74 Å². The fourth-order valence-electron chi connectivity index (χ4n) is 3.96. The molecule has 0 radical (unpaired) electrons. The first-order valence-electron chi connectivity index (χ1n) is 10.5. The molecule has 2 fully saturated rings. The number of methoxy groups -OCH3 is 1. The van der Waals surface area contributed by atoms with E-state index in [1.54, 1.807) is 18.0 Å². The highest BCUT2D eigenvalue weighted by atomic mass is 16.5. The Morgan fingerprint density at radius 1 is 1.07 bits per heavy atom. The molecule has 0 spiro atoms. The number of hydrogen-bond donors (Lipinski definition) is 0. The van der Waals surface area contributed by atoms with Crippen molar-refractivity contribution in [2.75, 3.05) is 49.7 Å². The van der Waals surface area contributed by atoms with Gasteiger partial charge in [-0.15, -0.1) is 0 Å². The van der Waals surface area contributed by atoms with Crippen LogP contribution >= 0.6 is 0 Å². The molecule has 8 heteroatoms. The molecule has 0 atom stereocenters. The molecule has 1 saturated carbocycles. The lowest BCUT2D eigenvalue weighted by Gasteiger charge is -2.36. The lowest BCUT2D eigenvalue weighted by Crippen LogP contribution is -2.46. The van der Waals surface area contributed by atoms with Crippen molar-refractivity contribution in [2.45, 2.75) is 25.3 Å². The number of hydrogen-bond acceptors (Lipinski definition) is 7. The van der Waals surface area contributed by atoms with Gasteiger partial charge in [-0.1, -0.05) is 0 Å². The molecule has 1 aliphatic carbocycles. The van der Waals surface area contributed by atoms with Gasteiger partial charge in [0, 0.05) is 51.1 Å². The maximum Gasteiger partial charge on any atom is 0.261 e. The second-order valence-electron chi connectivity index (χ2n) is 7.96. The minimum absolute atomic E-state index is 0.0244. The Balaban J connectivity index is 1.29. The number of ether oxygens (including phenoxy) is 1. The first-order chi connectivity index (χ1) is 14.7. The lowest BCUT2D eigenvalue weighted by molar-refractivity contribution is 0.186. The summed E-state index contributed by atoms with van der Waals surface area (Å²) in [5.74, 6) is 2.59. The summed E-state index contributed by atoms with van der Waals surface area (Å²) in [6.45, 7) is 4.62. The van der Waals surface area contributed by atoms with Crippen LogP contribution in [0.3, 0.4) is 0 Å². The summed E-state index contributed by atoms with van der Waals surface area (Å²) < 4.78 is 6.67. The average Bonchev–Trinajstić information content (AvgIpc) is 3.64. The van der Waals surface area contributed by atoms with Crippen LogP contribution in [0.5, 0.6) is 0 Å². The molecule has 2 aromatic heterocycles. The van der Waals surface area contributed by atoms with Gasteiger partial charge in [-0.05, 0) is 37.1 Å². The molecule has 3 aromatic rings. The number of anilines is 2. The number of nitrogens with zero attached hydrogens (tertiary/aromatic N) is 6. The minimum atomic E-state index is -0.0244. The molecule has 3 heterocycles. The van der Waals surface area contributed by atoms with Gasteiger partial charge in [-0.3, -0.25) is 9.36 Å². The molecule has 0 amide bonds. The predicted molar refractivity (Wildman–Crippen MR) is 116 cm³/mol. The van der Waals surface area contributed by atoms with E-state index in [0.717, 1.165) is 49.0 Å². The second-order valence-corrected chi connectivity index (χ2v) is 7.96. The molecule has 2 aliphatic rings. The van der Waals surface area contributed by atoms with E-state index < -0.39 is 0 Å². The summed E-state index contributed by atoms with van der Waals surface area (Å²) in [7, 11) is 1.63. The molecule has 1 aromatic carbocycles. The van der Waals surface area contributed by atoms with Gasteiger partial charge < -0.3 is 14.5 Å². The zero-order chi connectivity index (χ0) is 20.5. The number of fused-ring (bicyclic) bond motifs is 1. The quantitative estimate of drug-likeness (QED) is 0.620. The first kappa shape index (κ1) is 19.0. The fraction of sp³-hybridized carbons (Fsp3) is 0.455. The summed E-state index contributed by atoms with van der Waals surface area (Å²) in [6, 6.07) is 7.94. The van der Waals surface area contributed by atoms with Gasteiger partial charge in [0.25, 0.3) is 5.56 Å². The molecule has 0 unspecified atom stereocenters. The number of piperazine rings is 1. The van der Waals surface area contributed by atoms with E-state index in [2.05, 4.69) is 19.8 Å². The van der Waals surface area contributed by atoms with Crippen molar-refractivity contribution in [1.82, 2.24) is 19.5 Å². The summed E-state index contributed by atoms with van der Waals surface area (Å²) in [6.07, 6.45) is 5.92. The van der Waals surface area contributed by atoms with Gasteiger partial charge in [-0.2, -0.15) is 0 Å². The molecule has 30 heavy (non-hydrogen) atoms. The molecule has 1 saturated heterocycles. The largest absolute Gasteiger partial charge is 0.383 e. The maximum atomic E-state index is 12.6. The number of aromatic nitrogens is 4. The molecule has 0 N–H and O–H groups in total. The Bertz CT molecular complexity index is 1100. The van der Waals surface area contributed by atoms with Gasteiger partial charge in [0.2, 0.25) is 0 Å². The molecular weight excluding hydrogens is 380 g/mol. The molecule has 156 valence electrons. The average molecular weight is 406 g/mol. The van der Waals surface area contributed by atoms with E-state index in [1.165, 1.54) is 12.8 Å². The summed E-state index contributed by atoms with van der Waals surface area (Å²) in [5, 5.41) is 0.643. The van der Waals surface area contributed by atoms with Crippen molar-refractivity contribution in [3.05, 3.63) is 53.0 Å². The Morgan fingerprint density at radius 3 is 2.63 bits per heavy atom. The molecule has 1 aliphatic heterocycles. The Labute approximate surface area is 175 Å². The minimum Gasteiger partial charge on any atom is -0.383 e. The van der Waals surface area contributed by atoms with Gasteiger partial charge >= 0.3 is 0 Å². The van der Waals surface area contributed by atoms with E-state index in [9.17, 15) is 4.79 Å². The highest BCUT2D eigenvalue weighted by Crippen LogP contribution is 2.38. The normalized spacial score (nSPS) is 17.0. The molecule has 8 nitrogen and oxygen atoms in total. The summed E-state index contributed by atoms with van der Waals surface area (Å²) >= 11 is 0. The van der Waals surface area contributed by atoms with Crippen LogP contribution in [0.1, 0.15) is 24.6 Å². The van der Waals surface area contributed by atoms with E-state index in [0.29, 0.717) is 24.5 Å². The third kappa shape index (κ3) is 3.75. The van der Waals surface area contributed by atoms with Crippen molar-refractivity contribution in [2.24, 2.45) is 0 Å². The monoisotopic (exact) mass is 406 g/mol. The highest BCUT2D eigenvalue weighted by molar-refractivity contribution is 5.81. The van der Waals surface area contributed by atoms with Gasteiger partial charge in [-0.25, -0.2) is 15.0 Å². The van der Waals surface area contributed by atoms with Gasteiger partial charge in [0.05, 0.1) is 30.4 Å². The van der Waals surface area contributed by atoms with E-state index in [-0.39, 0.29) is 5.56 Å². The zero-order valence-electron chi connectivity index (χ0n) is 17.2. The Kier molecular flexibility index (Phi) is 5.08. The SMILES string of the molecule is COCCn1cnc2cc(N3CCN(c4ccnc(C5CC5)n4)CC3)ccc2c1=O. The summed E-state index contributed by atoms with van der Waals surface area (Å²) in [5.41, 5.74) is 1.81. The Hall–Kier alpha value is -3.00. The fourth-order valence-corrected chi connectivity index (χ4v) is 3.96. The van der Waals surface area contributed by atoms with Gasteiger partial charge in [0.1, 0.15) is 11.6 Å². The topological polar surface area (TPSA) is 76.4 Å². The Morgan fingerprint density at radius 2 is 1.87 bits per heavy atom. The van der Waals surface area contributed by atoms with E-state index >= 15 is 0 Å². The van der Waals surface area contributed by atoms with Crippen LogP contribution in [0, 0.1) is 0 Å². The van der Waals surface area contributed by atoms with Crippen LogP contribution < -0.4 is 15.4 Å². The molecular formula is C22H26N6O2. The zero-order valence-corrected chi connectivity index (χ0v) is 17.2. The third-order valence-electron chi connectivity index (χ3n) is 5.92. The predicted octanol–water partition coefficient (Wildman–Crippen LogP) is 2.04. The van der Waals surface area contributed by atoms with Crippen LogP contribution in [0.4, 0.5) is 11.5 Å². The molecule has 0 bridgehead atoms. The van der Waals surface area contributed by atoms with E-state index in [1.807, 2.05) is 30.5 Å². The van der Waals surface area contributed by atoms with Crippen LogP contribution in [0.25, 0.3) is 10.9 Å². The van der Waals surface area contributed by atoms with Crippen molar-refractivity contribution in [3.8, 4) is 0 Å². The standard InChI is InChI=1S/C22H26N6O2/c1-30-13-12-28-15-24-19-14-17(4-5-18(19)22(28)29)26-8-10-27(11-9-26)20-6-7-23-21(25-20)16-2-3-16/h4-7,14-16H,2-3,8-13H2,1H3. The molecule has 5 rings (SSSR count). The second kappa shape index (κ2) is 8.02. The highest BCUT2D eigenvalue weighted by Gasteiger charge is 2.27. The first-order valence-corrected chi connectivity index (χ1v) is 10.5. The van der Waals surface area contributed by atoms with Crippen molar-refractivity contribution in [1.29, 1.82) is 0 Å². The smallest absolute Gasteiger partial charge is 0.261 e.